The summed E-state index contributed by atoms with van der Waals surface area (Å²) in [4.78, 5) is 11.6. The van der Waals surface area contributed by atoms with Crippen molar-refractivity contribution in [3.8, 4) is 0 Å². The molecule has 106 valence electrons. The van der Waals surface area contributed by atoms with Crippen LogP contribution < -0.4 is 10.6 Å². The number of rotatable bonds is 6. The zero-order chi connectivity index (χ0) is 14.5. The van der Waals surface area contributed by atoms with Crippen LogP contribution in [-0.4, -0.2) is 33.7 Å². The van der Waals surface area contributed by atoms with Gasteiger partial charge in [-0.25, -0.2) is 8.42 Å². The first-order valence-electron chi connectivity index (χ1n) is 6.14. The minimum absolute atomic E-state index is 0.0174. The van der Waals surface area contributed by atoms with E-state index in [4.69, 9.17) is 0 Å². The lowest BCUT2D eigenvalue weighted by molar-refractivity contribution is -0.120. The molecule has 0 saturated heterocycles. The maximum atomic E-state index is 11.3. The van der Waals surface area contributed by atoms with Crippen LogP contribution in [0.4, 0.5) is 0 Å². The zero-order valence-electron chi connectivity index (χ0n) is 11.4. The van der Waals surface area contributed by atoms with Gasteiger partial charge in [0, 0.05) is 18.8 Å². The summed E-state index contributed by atoms with van der Waals surface area (Å²) in [7, 11) is -3.16. The SMILES string of the molecule is CCNC(=O)CNC(C)c1ccc(S(C)(=O)=O)cc1. The standard InChI is InChI=1S/C13H20N2O3S/c1-4-14-13(16)9-15-10(2)11-5-7-12(8-6-11)19(3,17)18/h5-8,10,15H,4,9H2,1-3H3,(H,14,16). The van der Waals surface area contributed by atoms with E-state index in [1.807, 2.05) is 13.8 Å². The number of sulfone groups is 1. The van der Waals surface area contributed by atoms with E-state index in [2.05, 4.69) is 10.6 Å². The molecule has 0 aliphatic carbocycles. The van der Waals surface area contributed by atoms with Gasteiger partial charge in [-0.15, -0.1) is 0 Å². The summed E-state index contributed by atoms with van der Waals surface area (Å²) in [5.74, 6) is -0.0536. The van der Waals surface area contributed by atoms with Crippen molar-refractivity contribution in [1.29, 1.82) is 0 Å². The summed E-state index contributed by atoms with van der Waals surface area (Å²) in [6.07, 6.45) is 1.18. The van der Waals surface area contributed by atoms with Crippen LogP contribution in [0.15, 0.2) is 29.2 Å². The van der Waals surface area contributed by atoms with Crippen molar-refractivity contribution < 1.29 is 13.2 Å². The first kappa shape index (κ1) is 15.7. The summed E-state index contributed by atoms with van der Waals surface area (Å²) in [5, 5.41) is 5.78. The Morgan fingerprint density at radius 2 is 1.84 bits per heavy atom. The lowest BCUT2D eigenvalue weighted by Gasteiger charge is -2.14. The second-order valence-electron chi connectivity index (χ2n) is 4.40. The highest BCUT2D eigenvalue weighted by atomic mass is 32.2. The first-order valence-corrected chi connectivity index (χ1v) is 8.04. The highest BCUT2D eigenvalue weighted by Crippen LogP contribution is 2.15. The molecular formula is C13H20N2O3S. The van der Waals surface area contributed by atoms with Gasteiger partial charge in [0.2, 0.25) is 5.91 Å². The molecule has 6 heteroatoms. The molecule has 1 rings (SSSR count). The number of hydrogen-bond donors (Lipinski definition) is 2. The zero-order valence-corrected chi connectivity index (χ0v) is 12.3. The van der Waals surface area contributed by atoms with E-state index in [1.54, 1.807) is 24.3 Å². The van der Waals surface area contributed by atoms with Crippen LogP contribution in [0.5, 0.6) is 0 Å². The number of nitrogens with one attached hydrogen (secondary N) is 2. The summed E-state index contributed by atoms with van der Waals surface area (Å²) in [6, 6.07) is 6.65. The number of benzene rings is 1. The van der Waals surface area contributed by atoms with Gasteiger partial charge in [-0.2, -0.15) is 0 Å². The van der Waals surface area contributed by atoms with Gasteiger partial charge in [0.15, 0.2) is 9.84 Å². The van der Waals surface area contributed by atoms with E-state index in [-0.39, 0.29) is 18.5 Å². The lowest BCUT2D eigenvalue weighted by atomic mass is 10.1. The van der Waals surface area contributed by atoms with E-state index >= 15 is 0 Å². The molecule has 0 fully saturated rings. The van der Waals surface area contributed by atoms with Gasteiger partial charge >= 0.3 is 0 Å². The molecule has 0 heterocycles. The molecule has 0 aromatic heterocycles. The van der Waals surface area contributed by atoms with Crippen molar-refractivity contribution in [3.05, 3.63) is 29.8 Å². The summed E-state index contributed by atoms with van der Waals surface area (Å²) >= 11 is 0. The minimum Gasteiger partial charge on any atom is -0.355 e. The monoisotopic (exact) mass is 284 g/mol. The molecule has 0 aliphatic rings. The predicted molar refractivity (Wildman–Crippen MR) is 74.7 cm³/mol. The van der Waals surface area contributed by atoms with Gasteiger partial charge in [0.05, 0.1) is 11.4 Å². The predicted octanol–water partition coefficient (Wildman–Crippen LogP) is 0.877. The van der Waals surface area contributed by atoms with Gasteiger partial charge < -0.3 is 10.6 Å². The Kier molecular flexibility index (Phi) is 5.50. The molecule has 5 nitrogen and oxygen atoms in total. The molecular weight excluding hydrogens is 264 g/mol. The van der Waals surface area contributed by atoms with E-state index < -0.39 is 9.84 Å². The van der Waals surface area contributed by atoms with E-state index in [0.29, 0.717) is 11.4 Å². The maximum absolute atomic E-state index is 11.3. The summed E-state index contributed by atoms with van der Waals surface area (Å²) in [5.41, 5.74) is 0.941. The Labute approximate surface area is 114 Å². The fourth-order valence-corrected chi connectivity index (χ4v) is 2.26. The van der Waals surface area contributed by atoms with Crippen LogP contribution in [0.3, 0.4) is 0 Å². The van der Waals surface area contributed by atoms with Crippen molar-refractivity contribution >= 4 is 15.7 Å². The summed E-state index contributed by atoms with van der Waals surface area (Å²) in [6.45, 7) is 4.64. The van der Waals surface area contributed by atoms with E-state index in [1.165, 1.54) is 6.26 Å². The van der Waals surface area contributed by atoms with Crippen molar-refractivity contribution in [2.45, 2.75) is 24.8 Å². The molecule has 1 aromatic carbocycles. The average molecular weight is 284 g/mol. The largest absolute Gasteiger partial charge is 0.355 e. The van der Waals surface area contributed by atoms with Crippen LogP contribution in [0.2, 0.25) is 0 Å². The fraction of sp³-hybridized carbons (Fsp3) is 0.462. The Balaban J connectivity index is 2.63. The van der Waals surface area contributed by atoms with Crippen LogP contribution >= 0.6 is 0 Å². The number of carbonyl (C=O) groups excluding carboxylic acids is 1. The molecule has 1 aromatic rings. The molecule has 1 unspecified atom stereocenters. The highest BCUT2D eigenvalue weighted by Gasteiger charge is 2.10. The van der Waals surface area contributed by atoms with Crippen molar-refractivity contribution in [1.82, 2.24) is 10.6 Å². The van der Waals surface area contributed by atoms with Gasteiger partial charge in [-0.3, -0.25) is 4.79 Å². The molecule has 0 spiro atoms. The topological polar surface area (TPSA) is 75.3 Å². The average Bonchev–Trinajstić information content (AvgIpc) is 2.35. The smallest absolute Gasteiger partial charge is 0.233 e. The molecule has 1 atom stereocenters. The van der Waals surface area contributed by atoms with Crippen molar-refractivity contribution in [2.75, 3.05) is 19.3 Å². The molecule has 0 aliphatic heterocycles. The van der Waals surface area contributed by atoms with Crippen molar-refractivity contribution in [2.24, 2.45) is 0 Å². The van der Waals surface area contributed by atoms with E-state index in [0.717, 1.165) is 5.56 Å². The second kappa shape index (κ2) is 6.68. The Bertz CT molecular complexity index is 523. The van der Waals surface area contributed by atoms with Crippen LogP contribution in [-0.2, 0) is 14.6 Å². The molecule has 0 radical (unpaired) electrons. The first-order chi connectivity index (χ1) is 8.84. The molecule has 19 heavy (non-hydrogen) atoms. The Morgan fingerprint density at radius 3 is 2.32 bits per heavy atom. The van der Waals surface area contributed by atoms with Gasteiger partial charge in [-0.05, 0) is 31.5 Å². The van der Waals surface area contributed by atoms with Gasteiger partial charge in [0.1, 0.15) is 0 Å². The van der Waals surface area contributed by atoms with Crippen LogP contribution in [0.25, 0.3) is 0 Å². The second-order valence-corrected chi connectivity index (χ2v) is 6.41. The highest BCUT2D eigenvalue weighted by molar-refractivity contribution is 7.90. The maximum Gasteiger partial charge on any atom is 0.233 e. The third-order valence-electron chi connectivity index (χ3n) is 2.75. The van der Waals surface area contributed by atoms with Crippen molar-refractivity contribution in [3.63, 3.8) is 0 Å². The minimum atomic E-state index is -3.16. The molecule has 1 amide bonds. The van der Waals surface area contributed by atoms with E-state index in [9.17, 15) is 13.2 Å². The quantitative estimate of drug-likeness (QED) is 0.813. The summed E-state index contributed by atoms with van der Waals surface area (Å²) < 4.78 is 22.7. The molecule has 0 saturated carbocycles. The lowest BCUT2D eigenvalue weighted by Crippen LogP contribution is -2.34. The van der Waals surface area contributed by atoms with Crippen LogP contribution in [0.1, 0.15) is 25.5 Å². The third kappa shape index (κ3) is 5.00. The Morgan fingerprint density at radius 1 is 1.26 bits per heavy atom. The third-order valence-corrected chi connectivity index (χ3v) is 3.88. The van der Waals surface area contributed by atoms with Crippen LogP contribution in [0, 0.1) is 0 Å². The number of hydrogen-bond acceptors (Lipinski definition) is 4. The normalized spacial score (nSPS) is 13.0. The Hall–Kier alpha value is -1.40. The number of likely N-dealkylation sites (N-methyl/N-ethyl adjacent to an activating group) is 1. The molecule has 2 N–H and O–H groups in total. The number of carbonyl (C=O) groups is 1. The fourth-order valence-electron chi connectivity index (χ4n) is 1.63. The van der Waals surface area contributed by atoms with Gasteiger partial charge in [0.25, 0.3) is 0 Å². The molecule has 0 bridgehead atoms. The number of amides is 1. The van der Waals surface area contributed by atoms with Gasteiger partial charge in [-0.1, -0.05) is 12.1 Å².